The van der Waals surface area contributed by atoms with Crippen LogP contribution in [-0.2, 0) is 20.0 Å². The van der Waals surface area contributed by atoms with Gasteiger partial charge in [-0.1, -0.05) is 12.8 Å². The van der Waals surface area contributed by atoms with Crippen molar-refractivity contribution in [3.05, 3.63) is 54.1 Å². The fourth-order valence-corrected chi connectivity index (χ4v) is 5.75. The Bertz CT molecular complexity index is 1120. The summed E-state index contributed by atoms with van der Waals surface area (Å²) in [6.07, 6.45) is 3.78. The minimum absolute atomic E-state index is 0.124. The average Bonchev–Trinajstić information content (AvgIpc) is 3.04. The van der Waals surface area contributed by atoms with Crippen LogP contribution in [0.5, 0.6) is 0 Å². The minimum Gasteiger partial charge on any atom is -0.322 e. The van der Waals surface area contributed by atoms with Crippen LogP contribution in [0.2, 0.25) is 0 Å². The topological polar surface area (TPSA) is 104 Å². The lowest BCUT2D eigenvalue weighted by Gasteiger charge is -2.20. The molecule has 2 aromatic rings. The van der Waals surface area contributed by atoms with Gasteiger partial charge in [0.05, 0.1) is 9.79 Å². The second kappa shape index (κ2) is 9.47. The summed E-state index contributed by atoms with van der Waals surface area (Å²) in [5, 5.41) is 2.69. The van der Waals surface area contributed by atoms with Crippen LogP contribution in [0.1, 0.15) is 36.0 Å². The lowest BCUT2D eigenvalue weighted by Crippen LogP contribution is -2.31. The number of hydrogen-bond acceptors (Lipinski definition) is 5. The average molecular weight is 466 g/mol. The van der Waals surface area contributed by atoms with Crippen molar-refractivity contribution in [1.29, 1.82) is 0 Å². The van der Waals surface area contributed by atoms with Gasteiger partial charge in [0, 0.05) is 38.4 Å². The molecular formula is C21H27N3O5S2. The van der Waals surface area contributed by atoms with Crippen molar-refractivity contribution < 1.29 is 21.6 Å². The third-order valence-electron chi connectivity index (χ3n) is 5.21. The van der Waals surface area contributed by atoms with E-state index in [-0.39, 0.29) is 9.79 Å². The number of nitrogens with one attached hydrogen (secondary N) is 1. The molecule has 1 saturated heterocycles. The van der Waals surface area contributed by atoms with E-state index in [1.807, 2.05) is 0 Å². The van der Waals surface area contributed by atoms with Gasteiger partial charge >= 0.3 is 0 Å². The largest absolute Gasteiger partial charge is 0.322 e. The Hall–Kier alpha value is -2.27. The number of amides is 1. The van der Waals surface area contributed by atoms with E-state index in [2.05, 4.69) is 5.32 Å². The molecule has 2 aromatic carbocycles. The van der Waals surface area contributed by atoms with Crippen LogP contribution in [0.4, 0.5) is 5.69 Å². The van der Waals surface area contributed by atoms with Crippen LogP contribution >= 0.6 is 0 Å². The zero-order chi connectivity index (χ0) is 22.6. The van der Waals surface area contributed by atoms with E-state index < -0.39 is 26.0 Å². The fraction of sp³-hybridized carbons (Fsp3) is 0.381. The van der Waals surface area contributed by atoms with Crippen molar-refractivity contribution in [2.75, 3.05) is 32.5 Å². The Morgan fingerprint density at radius 2 is 1.32 bits per heavy atom. The molecule has 0 atom stereocenters. The number of rotatable bonds is 6. The second-order valence-corrected chi connectivity index (χ2v) is 11.7. The summed E-state index contributed by atoms with van der Waals surface area (Å²) in [4.78, 5) is 12.8. The third-order valence-corrected chi connectivity index (χ3v) is 8.95. The number of carbonyl (C=O) groups excluding carboxylic acids is 1. The van der Waals surface area contributed by atoms with Crippen molar-refractivity contribution in [2.45, 2.75) is 35.5 Å². The maximum absolute atomic E-state index is 12.8. The van der Waals surface area contributed by atoms with Crippen molar-refractivity contribution >= 4 is 31.6 Å². The highest BCUT2D eigenvalue weighted by Crippen LogP contribution is 2.21. The molecule has 1 N–H and O–H groups in total. The molecule has 1 aliphatic heterocycles. The molecule has 8 nitrogen and oxygen atoms in total. The summed E-state index contributed by atoms with van der Waals surface area (Å²) >= 11 is 0. The standard InChI is InChI=1S/C21H27N3O5S2/c1-23(2)30(26,27)19-13-9-18(10-14-19)22-21(25)17-7-11-20(12-8-17)31(28,29)24-15-5-3-4-6-16-24/h7-14H,3-6,15-16H2,1-2H3,(H,22,25). The smallest absolute Gasteiger partial charge is 0.255 e. The maximum Gasteiger partial charge on any atom is 0.255 e. The van der Waals surface area contributed by atoms with Gasteiger partial charge in [0.1, 0.15) is 0 Å². The summed E-state index contributed by atoms with van der Waals surface area (Å²) in [5.41, 5.74) is 0.740. The van der Waals surface area contributed by atoms with Crippen molar-refractivity contribution in [3.8, 4) is 0 Å². The van der Waals surface area contributed by atoms with Crippen molar-refractivity contribution in [2.24, 2.45) is 0 Å². The summed E-state index contributed by atoms with van der Waals surface area (Å²) in [6, 6.07) is 11.7. The summed E-state index contributed by atoms with van der Waals surface area (Å²) in [7, 11) is -4.22. The van der Waals surface area contributed by atoms with Gasteiger partial charge in [-0.25, -0.2) is 21.1 Å². The predicted octanol–water partition coefficient (Wildman–Crippen LogP) is 2.75. The molecule has 0 radical (unpaired) electrons. The van der Waals surface area contributed by atoms with Gasteiger partial charge in [0.15, 0.2) is 0 Å². The molecule has 0 aromatic heterocycles. The molecule has 3 rings (SSSR count). The van der Waals surface area contributed by atoms with Crippen LogP contribution in [0.15, 0.2) is 58.3 Å². The summed E-state index contributed by atoms with van der Waals surface area (Å²) < 4.78 is 52.6. The van der Waals surface area contributed by atoms with Crippen molar-refractivity contribution in [3.63, 3.8) is 0 Å². The molecule has 1 amide bonds. The molecule has 0 unspecified atom stereocenters. The highest BCUT2D eigenvalue weighted by atomic mass is 32.2. The molecule has 0 spiro atoms. The van der Waals surface area contributed by atoms with E-state index in [0.29, 0.717) is 24.3 Å². The zero-order valence-electron chi connectivity index (χ0n) is 17.6. The van der Waals surface area contributed by atoms with Crippen LogP contribution in [-0.4, -0.2) is 58.5 Å². The fourth-order valence-electron chi connectivity index (χ4n) is 3.33. The zero-order valence-corrected chi connectivity index (χ0v) is 19.2. The van der Waals surface area contributed by atoms with Crippen molar-refractivity contribution in [1.82, 2.24) is 8.61 Å². The molecule has 1 heterocycles. The first kappa shape index (κ1) is 23.4. The van der Waals surface area contributed by atoms with Crippen LogP contribution in [0.25, 0.3) is 0 Å². The van der Waals surface area contributed by atoms with E-state index in [4.69, 9.17) is 0 Å². The number of hydrogen-bond donors (Lipinski definition) is 1. The van der Waals surface area contributed by atoms with E-state index in [0.717, 1.165) is 30.0 Å². The molecule has 168 valence electrons. The lowest BCUT2D eigenvalue weighted by atomic mass is 10.2. The number of sulfonamides is 2. The Labute approximate surface area is 184 Å². The normalized spacial score (nSPS) is 16.1. The van der Waals surface area contributed by atoms with Gasteiger partial charge in [-0.05, 0) is 61.4 Å². The Morgan fingerprint density at radius 3 is 1.84 bits per heavy atom. The van der Waals surface area contributed by atoms with E-state index >= 15 is 0 Å². The van der Waals surface area contributed by atoms with Gasteiger partial charge in [0.25, 0.3) is 5.91 Å². The monoisotopic (exact) mass is 465 g/mol. The number of benzene rings is 2. The third kappa shape index (κ3) is 5.32. The molecule has 10 heteroatoms. The van der Waals surface area contributed by atoms with Crippen LogP contribution < -0.4 is 5.32 Å². The highest BCUT2D eigenvalue weighted by molar-refractivity contribution is 7.89. The van der Waals surface area contributed by atoms with Crippen LogP contribution in [0.3, 0.4) is 0 Å². The molecule has 31 heavy (non-hydrogen) atoms. The van der Waals surface area contributed by atoms with Gasteiger partial charge < -0.3 is 5.32 Å². The quantitative estimate of drug-likeness (QED) is 0.706. The highest BCUT2D eigenvalue weighted by Gasteiger charge is 2.25. The second-order valence-electron chi connectivity index (χ2n) is 7.61. The molecule has 0 aliphatic carbocycles. The Morgan fingerprint density at radius 1 is 0.806 bits per heavy atom. The summed E-state index contributed by atoms with van der Waals surface area (Å²) in [6.45, 7) is 1.04. The number of anilines is 1. The summed E-state index contributed by atoms with van der Waals surface area (Å²) in [5.74, 6) is -0.415. The molecule has 0 saturated carbocycles. The molecule has 0 bridgehead atoms. The van der Waals surface area contributed by atoms with Crippen LogP contribution in [0, 0.1) is 0 Å². The Balaban J connectivity index is 1.70. The first-order valence-corrected chi connectivity index (χ1v) is 12.9. The number of nitrogens with zero attached hydrogens (tertiary/aromatic N) is 2. The predicted molar refractivity (Wildman–Crippen MR) is 119 cm³/mol. The number of carbonyl (C=O) groups is 1. The van der Waals surface area contributed by atoms with E-state index in [9.17, 15) is 21.6 Å². The first-order chi connectivity index (χ1) is 14.6. The molecule has 1 fully saturated rings. The van der Waals surface area contributed by atoms with E-state index in [1.165, 1.54) is 66.9 Å². The maximum atomic E-state index is 12.8. The van der Waals surface area contributed by atoms with Gasteiger partial charge in [-0.3, -0.25) is 4.79 Å². The lowest BCUT2D eigenvalue weighted by molar-refractivity contribution is 0.102. The van der Waals surface area contributed by atoms with E-state index in [1.54, 1.807) is 0 Å². The van der Waals surface area contributed by atoms with Gasteiger partial charge in [-0.15, -0.1) is 0 Å². The molecule has 1 aliphatic rings. The first-order valence-electron chi connectivity index (χ1n) is 10.1. The SMILES string of the molecule is CN(C)S(=O)(=O)c1ccc(NC(=O)c2ccc(S(=O)(=O)N3CCCCCC3)cc2)cc1. The molecular weight excluding hydrogens is 438 g/mol. The Kier molecular flexibility index (Phi) is 7.15. The minimum atomic E-state index is -3.57. The van der Waals surface area contributed by atoms with Gasteiger partial charge in [-0.2, -0.15) is 4.31 Å². The van der Waals surface area contributed by atoms with Gasteiger partial charge in [0.2, 0.25) is 20.0 Å².